The van der Waals surface area contributed by atoms with Crippen molar-refractivity contribution in [3.63, 3.8) is 0 Å². The number of guanidine groups is 1. The summed E-state index contributed by atoms with van der Waals surface area (Å²) >= 11 is 0. The molecule has 162 valence electrons. The minimum Gasteiger partial charge on any atom is -0.497 e. The number of aliphatic imine (C=N–C) groups is 1. The van der Waals surface area contributed by atoms with E-state index < -0.39 is 0 Å². The average Bonchev–Trinajstić information content (AvgIpc) is 3.19. The first-order valence-corrected chi connectivity index (χ1v) is 10.5. The summed E-state index contributed by atoms with van der Waals surface area (Å²) in [5.74, 6) is 1.99. The SMILES string of the molecule is CCNC(=NCC1(c2cccc(OC)c2)CCCC1)NC1CCC(=O)N(C)C1.I. The van der Waals surface area contributed by atoms with Crippen LogP contribution in [0.25, 0.3) is 0 Å². The number of hydrogen-bond acceptors (Lipinski definition) is 3. The van der Waals surface area contributed by atoms with E-state index in [9.17, 15) is 4.79 Å². The second kappa shape index (κ2) is 11.0. The third-order valence-corrected chi connectivity index (χ3v) is 6.09. The maximum atomic E-state index is 11.7. The number of likely N-dealkylation sites (tertiary alicyclic amines) is 1. The predicted octanol–water partition coefficient (Wildman–Crippen LogP) is 3.30. The van der Waals surface area contributed by atoms with Crippen LogP contribution in [0.2, 0.25) is 0 Å². The molecule has 0 aromatic heterocycles. The molecule has 1 aliphatic heterocycles. The van der Waals surface area contributed by atoms with Gasteiger partial charge in [-0.05, 0) is 43.9 Å². The molecule has 2 fully saturated rings. The van der Waals surface area contributed by atoms with Gasteiger partial charge in [0.2, 0.25) is 5.91 Å². The van der Waals surface area contributed by atoms with Crippen LogP contribution in [-0.2, 0) is 10.2 Å². The largest absolute Gasteiger partial charge is 0.497 e. The molecule has 1 amide bonds. The number of methoxy groups -OCH3 is 1. The van der Waals surface area contributed by atoms with Gasteiger partial charge in [0.05, 0.1) is 13.7 Å². The molecule has 1 heterocycles. The van der Waals surface area contributed by atoms with Crippen molar-refractivity contribution in [2.75, 3.05) is 33.8 Å². The number of likely N-dealkylation sites (N-methyl/N-ethyl adjacent to an activating group) is 1. The Balaban J connectivity index is 0.00000300. The zero-order chi connectivity index (χ0) is 20.0. The molecule has 1 aromatic carbocycles. The number of piperidine rings is 1. The maximum Gasteiger partial charge on any atom is 0.222 e. The maximum absolute atomic E-state index is 11.7. The number of amides is 1. The molecule has 29 heavy (non-hydrogen) atoms. The number of ether oxygens (including phenoxy) is 1. The normalized spacial score (nSPS) is 21.5. The predicted molar refractivity (Wildman–Crippen MR) is 128 cm³/mol. The Labute approximate surface area is 191 Å². The van der Waals surface area contributed by atoms with Gasteiger partial charge < -0.3 is 20.3 Å². The van der Waals surface area contributed by atoms with Crippen LogP contribution in [0.3, 0.4) is 0 Å². The molecule has 3 rings (SSSR count). The number of rotatable bonds is 6. The lowest BCUT2D eigenvalue weighted by Gasteiger charge is -2.32. The standard InChI is InChI=1S/C22H34N4O2.HI/c1-4-23-21(25-18-10-11-20(27)26(2)15-18)24-16-22(12-5-6-13-22)17-8-7-9-19(14-17)28-3;/h7-9,14,18H,4-6,10-13,15-16H2,1-3H3,(H2,23,24,25);1H. The Hall–Kier alpha value is -1.51. The average molecular weight is 514 g/mol. The van der Waals surface area contributed by atoms with Crippen molar-refractivity contribution in [1.29, 1.82) is 0 Å². The van der Waals surface area contributed by atoms with E-state index >= 15 is 0 Å². The quantitative estimate of drug-likeness (QED) is 0.348. The zero-order valence-corrected chi connectivity index (χ0v) is 20.2. The van der Waals surface area contributed by atoms with Crippen molar-refractivity contribution in [2.24, 2.45) is 4.99 Å². The molecule has 1 unspecified atom stereocenters. The van der Waals surface area contributed by atoms with E-state index in [0.29, 0.717) is 6.42 Å². The highest BCUT2D eigenvalue weighted by Crippen LogP contribution is 2.42. The van der Waals surface area contributed by atoms with E-state index in [-0.39, 0.29) is 41.3 Å². The summed E-state index contributed by atoms with van der Waals surface area (Å²) in [6.45, 7) is 4.39. The molecular weight excluding hydrogens is 479 g/mol. The summed E-state index contributed by atoms with van der Waals surface area (Å²) in [5, 5.41) is 6.93. The summed E-state index contributed by atoms with van der Waals surface area (Å²) < 4.78 is 5.45. The topological polar surface area (TPSA) is 66.0 Å². The fourth-order valence-electron chi connectivity index (χ4n) is 4.42. The molecule has 1 aromatic rings. The van der Waals surface area contributed by atoms with Gasteiger partial charge in [-0.25, -0.2) is 0 Å². The van der Waals surface area contributed by atoms with Gasteiger partial charge in [-0.3, -0.25) is 9.79 Å². The van der Waals surface area contributed by atoms with Gasteiger partial charge in [0.15, 0.2) is 5.96 Å². The van der Waals surface area contributed by atoms with Crippen LogP contribution in [0.5, 0.6) is 5.75 Å². The first-order valence-electron chi connectivity index (χ1n) is 10.5. The lowest BCUT2D eigenvalue weighted by atomic mass is 9.79. The van der Waals surface area contributed by atoms with Crippen LogP contribution < -0.4 is 15.4 Å². The summed E-state index contributed by atoms with van der Waals surface area (Å²) in [7, 11) is 3.59. The minimum absolute atomic E-state index is 0. The van der Waals surface area contributed by atoms with Crippen molar-refractivity contribution in [1.82, 2.24) is 15.5 Å². The molecule has 1 saturated heterocycles. The molecule has 0 radical (unpaired) electrons. The minimum atomic E-state index is 0. The van der Waals surface area contributed by atoms with E-state index in [1.807, 2.05) is 13.1 Å². The second-order valence-electron chi connectivity index (χ2n) is 8.07. The third-order valence-electron chi connectivity index (χ3n) is 6.09. The van der Waals surface area contributed by atoms with Gasteiger partial charge >= 0.3 is 0 Å². The van der Waals surface area contributed by atoms with Crippen LogP contribution >= 0.6 is 24.0 Å². The summed E-state index contributed by atoms with van der Waals surface area (Å²) in [6, 6.07) is 8.71. The number of carbonyl (C=O) groups excluding carboxylic acids is 1. The van der Waals surface area contributed by atoms with Crippen molar-refractivity contribution < 1.29 is 9.53 Å². The van der Waals surface area contributed by atoms with Crippen LogP contribution in [0.15, 0.2) is 29.3 Å². The van der Waals surface area contributed by atoms with Gasteiger partial charge in [-0.1, -0.05) is 25.0 Å². The van der Waals surface area contributed by atoms with Crippen LogP contribution in [0, 0.1) is 0 Å². The highest BCUT2D eigenvalue weighted by atomic mass is 127. The molecule has 2 N–H and O–H groups in total. The van der Waals surface area contributed by atoms with E-state index in [4.69, 9.17) is 9.73 Å². The Morgan fingerprint density at radius 3 is 2.76 bits per heavy atom. The molecular formula is C22H35IN4O2. The number of nitrogens with zero attached hydrogens (tertiary/aromatic N) is 2. The van der Waals surface area contributed by atoms with Crippen LogP contribution in [0.1, 0.15) is 51.0 Å². The van der Waals surface area contributed by atoms with E-state index in [2.05, 4.69) is 35.8 Å². The second-order valence-corrected chi connectivity index (χ2v) is 8.07. The lowest BCUT2D eigenvalue weighted by molar-refractivity contribution is -0.132. The number of benzene rings is 1. The van der Waals surface area contributed by atoms with Gasteiger partial charge in [-0.15, -0.1) is 24.0 Å². The van der Waals surface area contributed by atoms with Gasteiger partial charge in [0, 0.05) is 38.0 Å². The molecule has 6 nitrogen and oxygen atoms in total. The highest BCUT2D eigenvalue weighted by molar-refractivity contribution is 14.0. The van der Waals surface area contributed by atoms with Crippen molar-refractivity contribution in [3.05, 3.63) is 29.8 Å². The Morgan fingerprint density at radius 2 is 2.10 bits per heavy atom. The van der Waals surface area contributed by atoms with Crippen molar-refractivity contribution in [2.45, 2.75) is 56.9 Å². The van der Waals surface area contributed by atoms with E-state index in [1.165, 1.54) is 18.4 Å². The Kier molecular flexibility index (Phi) is 9.04. The summed E-state index contributed by atoms with van der Waals surface area (Å²) in [4.78, 5) is 18.5. The summed E-state index contributed by atoms with van der Waals surface area (Å²) in [6.07, 6.45) is 6.25. The van der Waals surface area contributed by atoms with Gasteiger partial charge in [-0.2, -0.15) is 0 Å². The number of hydrogen-bond donors (Lipinski definition) is 2. The van der Waals surface area contributed by atoms with Crippen LogP contribution in [-0.4, -0.2) is 56.6 Å². The summed E-state index contributed by atoms with van der Waals surface area (Å²) in [5.41, 5.74) is 1.41. The fourth-order valence-corrected chi connectivity index (χ4v) is 4.42. The molecule has 0 bridgehead atoms. The number of carbonyl (C=O) groups is 1. The third kappa shape index (κ3) is 5.99. The number of nitrogens with one attached hydrogen (secondary N) is 2. The fraction of sp³-hybridized carbons (Fsp3) is 0.636. The first kappa shape index (κ1) is 23.8. The van der Waals surface area contributed by atoms with E-state index in [1.54, 1.807) is 12.0 Å². The Bertz CT molecular complexity index is 704. The van der Waals surface area contributed by atoms with Gasteiger partial charge in [0.25, 0.3) is 0 Å². The molecule has 0 spiro atoms. The number of halogens is 1. The molecule has 1 aliphatic carbocycles. The van der Waals surface area contributed by atoms with Gasteiger partial charge in [0.1, 0.15) is 5.75 Å². The zero-order valence-electron chi connectivity index (χ0n) is 17.9. The van der Waals surface area contributed by atoms with Crippen molar-refractivity contribution in [3.8, 4) is 5.75 Å². The molecule has 1 saturated carbocycles. The monoisotopic (exact) mass is 514 g/mol. The first-order chi connectivity index (χ1) is 13.6. The van der Waals surface area contributed by atoms with E-state index in [0.717, 1.165) is 50.6 Å². The molecule has 2 aliphatic rings. The molecule has 1 atom stereocenters. The smallest absolute Gasteiger partial charge is 0.222 e. The van der Waals surface area contributed by atoms with Crippen molar-refractivity contribution >= 4 is 35.8 Å². The molecule has 7 heteroatoms. The lowest BCUT2D eigenvalue weighted by Crippen LogP contribution is -2.52. The van der Waals surface area contributed by atoms with Crippen LogP contribution in [0.4, 0.5) is 0 Å². The Morgan fingerprint density at radius 1 is 1.34 bits per heavy atom. The highest BCUT2D eigenvalue weighted by Gasteiger charge is 2.36.